The third-order valence-corrected chi connectivity index (χ3v) is 0.534. The van der Waals surface area contributed by atoms with Crippen LogP contribution in [-0.2, 0) is 9.68 Å². The van der Waals surface area contributed by atoms with Crippen molar-refractivity contribution in [3.05, 3.63) is 25.3 Å². The maximum atomic E-state index is 4.51. The first kappa shape index (κ1) is 8.68. The highest BCUT2D eigenvalue weighted by Gasteiger charge is 1.74. The molecule has 0 saturated carbocycles. The summed E-state index contributed by atoms with van der Waals surface area (Å²) in [6.45, 7) is 7.49. The van der Waals surface area contributed by atoms with Crippen molar-refractivity contribution < 1.29 is 9.68 Å². The summed E-state index contributed by atoms with van der Waals surface area (Å²) in [5.41, 5.74) is 0. The summed E-state index contributed by atoms with van der Waals surface area (Å²) < 4.78 is 0. The van der Waals surface area contributed by atoms with Crippen molar-refractivity contribution in [2.24, 2.45) is 10.6 Å². The van der Waals surface area contributed by atoms with Crippen molar-refractivity contribution in [1.82, 2.24) is 0 Å². The van der Waals surface area contributed by atoms with Gasteiger partial charge in [-0.15, -0.1) is 0 Å². The van der Waals surface area contributed by atoms with Gasteiger partial charge in [-0.1, -0.05) is 25.3 Å². The molecule has 0 aliphatic heterocycles. The smallest absolute Gasteiger partial charge is 0.137 e. The molecule has 4 nitrogen and oxygen atoms in total. The highest BCUT2D eigenvalue weighted by atomic mass is 16.7. The molecule has 0 amide bonds. The Kier molecular flexibility index (Phi) is 6.67. The molecular formula is C6H10N2O2. The molecule has 0 unspecified atom stereocenters. The lowest BCUT2D eigenvalue weighted by atomic mass is 10.7. The highest BCUT2D eigenvalue weighted by Crippen LogP contribution is 1.81. The Bertz CT molecular complexity index is 109. The summed E-state index contributed by atoms with van der Waals surface area (Å²) >= 11 is 0. The second-order valence-electron chi connectivity index (χ2n) is 1.33. The summed E-state index contributed by atoms with van der Waals surface area (Å²) in [5.74, 6) is 0. The highest BCUT2D eigenvalue weighted by molar-refractivity contribution is 4.63. The van der Waals surface area contributed by atoms with Crippen LogP contribution < -0.4 is 0 Å². The van der Waals surface area contributed by atoms with Crippen LogP contribution in [0.25, 0.3) is 0 Å². The molecule has 56 valence electrons. The minimum absolute atomic E-state index is 0.334. The van der Waals surface area contributed by atoms with E-state index in [1.165, 1.54) is 0 Å². The van der Waals surface area contributed by atoms with Gasteiger partial charge in [-0.25, -0.2) is 0 Å². The van der Waals surface area contributed by atoms with Gasteiger partial charge in [0, 0.05) is 0 Å². The van der Waals surface area contributed by atoms with Crippen molar-refractivity contribution >= 4 is 0 Å². The molecule has 0 aromatic carbocycles. The first-order chi connectivity index (χ1) is 4.91. The topological polar surface area (TPSA) is 43.2 Å². The van der Waals surface area contributed by atoms with Crippen molar-refractivity contribution in [1.29, 1.82) is 0 Å². The van der Waals surface area contributed by atoms with Crippen molar-refractivity contribution in [2.45, 2.75) is 0 Å². The first-order valence-corrected chi connectivity index (χ1v) is 2.78. The molecule has 0 rings (SSSR count). The van der Waals surface area contributed by atoms with Crippen LogP contribution in [-0.4, -0.2) is 13.2 Å². The standard InChI is InChI=1S/C6H10N2O2/c1-3-5-9-7-8-10-6-4-2/h3-4H,1-2,5-6H2/b8-7+. The van der Waals surface area contributed by atoms with E-state index in [0.29, 0.717) is 13.2 Å². The monoisotopic (exact) mass is 142 g/mol. The van der Waals surface area contributed by atoms with Gasteiger partial charge in [0.15, 0.2) is 0 Å². The predicted molar refractivity (Wildman–Crippen MR) is 37.2 cm³/mol. The number of rotatable bonds is 6. The van der Waals surface area contributed by atoms with Crippen molar-refractivity contribution in [3.63, 3.8) is 0 Å². The normalized spacial score (nSPS) is 9.20. The molecule has 0 aromatic rings. The molecule has 10 heavy (non-hydrogen) atoms. The molecular weight excluding hydrogens is 132 g/mol. The van der Waals surface area contributed by atoms with E-state index >= 15 is 0 Å². The van der Waals surface area contributed by atoms with Gasteiger partial charge in [0.05, 0.1) is 10.6 Å². The Morgan fingerprint density at radius 2 is 1.40 bits per heavy atom. The van der Waals surface area contributed by atoms with E-state index in [2.05, 4.69) is 33.4 Å². The Balaban J connectivity index is 3.03. The van der Waals surface area contributed by atoms with Gasteiger partial charge in [-0.3, -0.25) is 0 Å². The van der Waals surface area contributed by atoms with E-state index in [4.69, 9.17) is 0 Å². The third-order valence-electron chi connectivity index (χ3n) is 0.534. The summed E-state index contributed by atoms with van der Waals surface area (Å²) in [6, 6.07) is 0. The van der Waals surface area contributed by atoms with Gasteiger partial charge in [0.2, 0.25) is 0 Å². The van der Waals surface area contributed by atoms with Gasteiger partial charge in [-0.05, 0) is 0 Å². The average Bonchev–Trinajstić information content (AvgIpc) is 1.97. The summed E-state index contributed by atoms with van der Waals surface area (Å²) in [4.78, 5) is 9.02. The van der Waals surface area contributed by atoms with Crippen LogP contribution in [0.2, 0.25) is 0 Å². The SMILES string of the molecule is C=CCO/N=N/OCC=C. The number of hydrogen-bond acceptors (Lipinski definition) is 4. The van der Waals surface area contributed by atoms with Gasteiger partial charge in [0.1, 0.15) is 13.2 Å². The molecule has 0 spiro atoms. The van der Waals surface area contributed by atoms with Crippen LogP contribution in [0.3, 0.4) is 0 Å². The molecule has 0 heterocycles. The Labute approximate surface area is 59.8 Å². The molecule has 0 fully saturated rings. The molecule has 0 aliphatic carbocycles. The molecule has 0 aromatic heterocycles. The average molecular weight is 142 g/mol. The minimum atomic E-state index is 0.334. The zero-order chi connectivity index (χ0) is 7.66. The molecule has 0 bridgehead atoms. The van der Waals surface area contributed by atoms with Crippen LogP contribution >= 0.6 is 0 Å². The molecule has 0 radical (unpaired) electrons. The Morgan fingerprint density at radius 1 is 1.00 bits per heavy atom. The molecule has 4 heteroatoms. The van der Waals surface area contributed by atoms with Crippen molar-refractivity contribution in [2.75, 3.05) is 13.2 Å². The van der Waals surface area contributed by atoms with Gasteiger partial charge < -0.3 is 9.68 Å². The van der Waals surface area contributed by atoms with E-state index in [1.54, 1.807) is 12.2 Å². The first-order valence-electron chi connectivity index (χ1n) is 2.78. The molecule has 0 saturated heterocycles. The minimum Gasteiger partial charge on any atom is -0.373 e. The van der Waals surface area contributed by atoms with Crippen LogP contribution in [0.15, 0.2) is 35.9 Å². The summed E-state index contributed by atoms with van der Waals surface area (Å²) in [6.07, 6.45) is 3.12. The molecule has 0 aliphatic rings. The lowest BCUT2D eigenvalue weighted by Crippen LogP contribution is -1.81. The molecule has 0 N–H and O–H groups in total. The zero-order valence-corrected chi connectivity index (χ0v) is 5.69. The second-order valence-corrected chi connectivity index (χ2v) is 1.33. The largest absolute Gasteiger partial charge is 0.373 e. The Morgan fingerprint density at radius 3 is 1.70 bits per heavy atom. The van der Waals surface area contributed by atoms with Crippen molar-refractivity contribution in [3.8, 4) is 0 Å². The van der Waals surface area contributed by atoms with Crippen LogP contribution in [0, 0.1) is 0 Å². The summed E-state index contributed by atoms with van der Waals surface area (Å²) in [7, 11) is 0. The van der Waals surface area contributed by atoms with Gasteiger partial charge in [-0.2, -0.15) is 0 Å². The number of nitrogens with zero attached hydrogens (tertiary/aromatic N) is 2. The maximum absolute atomic E-state index is 4.51. The lowest BCUT2D eigenvalue weighted by Gasteiger charge is -1.89. The summed E-state index contributed by atoms with van der Waals surface area (Å²) in [5, 5.41) is 6.36. The predicted octanol–water partition coefficient (Wildman–Crippen LogP) is 1.67. The zero-order valence-electron chi connectivity index (χ0n) is 5.69. The van der Waals surface area contributed by atoms with Crippen LogP contribution in [0.1, 0.15) is 0 Å². The second kappa shape index (κ2) is 7.68. The fourth-order valence-electron chi connectivity index (χ4n) is 0.219. The Hall–Kier alpha value is -1.32. The van der Waals surface area contributed by atoms with E-state index in [1.807, 2.05) is 0 Å². The van der Waals surface area contributed by atoms with E-state index in [-0.39, 0.29) is 0 Å². The van der Waals surface area contributed by atoms with Crippen LogP contribution in [0.5, 0.6) is 0 Å². The van der Waals surface area contributed by atoms with E-state index < -0.39 is 0 Å². The quantitative estimate of drug-likeness (QED) is 0.245. The maximum Gasteiger partial charge on any atom is 0.137 e. The molecule has 0 atom stereocenters. The van der Waals surface area contributed by atoms with Crippen LogP contribution in [0.4, 0.5) is 0 Å². The van der Waals surface area contributed by atoms with Gasteiger partial charge >= 0.3 is 0 Å². The van der Waals surface area contributed by atoms with E-state index in [9.17, 15) is 0 Å². The number of hydrogen-bond donors (Lipinski definition) is 0. The lowest BCUT2D eigenvalue weighted by molar-refractivity contribution is 0.0636. The third kappa shape index (κ3) is 6.68. The fraction of sp³-hybridized carbons (Fsp3) is 0.333. The van der Waals surface area contributed by atoms with Gasteiger partial charge in [0.25, 0.3) is 0 Å². The van der Waals surface area contributed by atoms with E-state index in [0.717, 1.165) is 0 Å². The fourth-order valence-corrected chi connectivity index (χ4v) is 0.219.